The number of phenols is 1. The zero-order chi connectivity index (χ0) is 15.4. The van der Waals surface area contributed by atoms with Crippen LogP contribution in [0.25, 0.3) is 0 Å². The Bertz CT molecular complexity index is 674. The molecule has 2 aromatic rings. The molecular formula is C16H14O5. The van der Waals surface area contributed by atoms with Gasteiger partial charge < -0.3 is 15.3 Å². The molecule has 0 saturated heterocycles. The summed E-state index contributed by atoms with van der Waals surface area (Å²) in [6.45, 7) is 0. The number of hydrogen-bond acceptors (Lipinski definition) is 3. The van der Waals surface area contributed by atoms with Crippen molar-refractivity contribution in [2.75, 3.05) is 0 Å². The van der Waals surface area contributed by atoms with Crippen LogP contribution < -0.4 is 0 Å². The molecule has 0 atom stereocenters. The highest BCUT2D eigenvalue weighted by atomic mass is 16.4. The van der Waals surface area contributed by atoms with Crippen LogP contribution in [-0.4, -0.2) is 27.3 Å². The summed E-state index contributed by atoms with van der Waals surface area (Å²) in [7, 11) is 0. The Labute approximate surface area is 121 Å². The van der Waals surface area contributed by atoms with Gasteiger partial charge in [-0.15, -0.1) is 0 Å². The Morgan fingerprint density at radius 2 is 1.38 bits per heavy atom. The van der Waals surface area contributed by atoms with E-state index in [1.54, 1.807) is 30.3 Å². The lowest BCUT2D eigenvalue weighted by Crippen LogP contribution is -1.99. The zero-order valence-corrected chi connectivity index (χ0v) is 11.1. The van der Waals surface area contributed by atoms with Gasteiger partial charge in [0.1, 0.15) is 11.3 Å². The van der Waals surface area contributed by atoms with E-state index < -0.39 is 11.9 Å². The van der Waals surface area contributed by atoms with E-state index in [2.05, 4.69) is 0 Å². The molecule has 5 heteroatoms. The van der Waals surface area contributed by atoms with Crippen molar-refractivity contribution in [2.45, 2.75) is 12.8 Å². The second-order valence-electron chi connectivity index (χ2n) is 4.66. The average molecular weight is 286 g/mol. The fraction of sp³-hybridized carbons (Fsp3) is 0.125. The lowest BCUT2D eigenvalue weighted by atomic mass is 10.0. The molecule has 0 fully saturated rings. The number of aromatic carboxylic acids is 2. The summed E-state index contributed by atoms with van der Waals surface area (Å²) in [5, 5.41) is 27.2. The predicted molar refractivity (Wildman–Crippen MR) is 75.9 cm³/mol. The van der Waals surface area contributed by atoms with Gasteiger partial charge in [0.25, 0.3) is 0 Å². The van der Waals surface area contributed by atoms with Crippen LogP contribution in [0.1, 0.15) is 31.8 Å². The van der Waals surface area contributed by atoms with Gasteiger partial charge in [0, 0.05) is 0 Å². The van der Waals surface area contributed by atoms with Crippen LogP contribution in [0.4, 0.5) is 0 Å². The van der Waals surface area contributed by atoms with Gasteiger partial charge in [-0.1, -0.05) is 18.2 Å². The van der Waals surface area contributed by atoms with E-state index in [1.165, 1.54) is 12.1 Å². The maximum Gasteiger partial charge on any atom is 0.339 e. The maximum atomic E-state index is 10.8. The zero-order valence-electron chi connectivity index (χ0n) is 11.1. The first-order valence-electron chi connectivity index (χ1n) is 6.35. The number of hydrogen-bond donors (Lipinski definition) is 3. The van der Waals surface area contributed by atoms with E-state index in [0.717, 1.165) is 11.1 Å². The van der Waals surface area contributed by atoms with E-state index in [-0.39, 0.29) is 16.9 Å². The molecule has 0 unspecified atom stereocenters. The van der Waals surface area contributed by atoms with Crippen LogP contribution in [0.15, 0.2) is 42.5 Å². The van der Waals surface area contributed by atoms with Crippen LogP contribution >= 0.6 is 0 Å². The summed E-state index contributed by atoms with van der Waals surface area (Å²) in [4.78, 5) is 21.5. The van der Waals surface area contributed by atoms with E-state index in [1.807, 2.05) is 0 Å². The SMILES string of the molecule is O=C(O)c1ccc(CCc2ccc(C(=O)O)c(O)c2)cc1. The molecular weight excluding hydrogens is 272 g/mol. The highest BCUT2D eigenvalue weighted by Crippen LogP contribution is 2.20. The number of rotatable bonds is 5. The third-order valence-corrected chi connectivity index (χ3v) is 3.20. The highest BCUT2D eigenvalue weighted by Gasteiger charge is 2.09. The molecule has 0 bridgehead atoms. The minimum atomic E-state index is -1.16. The molecule has 0 aliphatic rings. The quantitative estimate of drug-likeness (QED) is 0.785. The van der Waals surface area contributed by atoms with Crippen LogP contribution in [-0.2, 0) is 12.8 Å². The largest absolute Gasteiger partial charge is 0.507 e. The average Bonchev–Trinajstić information content (AvgIpc) is 2.45. The van der Waals surface area contributed by atoms with Crippen molar-refractivity contribution in [2.24, 2.45) is 0 Å². The van der Waals surface area contributed by atoms with Crippen molar-refractivity contribution in [3.63, 3.8) is 0 Å². The summed E-state index contributed by atoms with van der Waals surface area (Å²) in [6, 6.07) is 11.1. The standard InChI is InChI=1S/C16H14O5/c17-14-9-11(5-8-13(14)16(20)21)2-1-10-3-6-12(7-4-10)15(18)19/h3-9,17H,1-2H2,(H,18,19)(H,20,21). The molecule has 21 heavy (non-hydrogen) atoms. The Morgan fingerprint density at radius 1 is 0.810 bits per heavy atom. The minimum absolute atomic E-state index is 0.121. The van der Waals surface area contributed by atoms with Crippen LogP contribution in [0, 0.1) is 0 Å². The van der Waals surface area contributed by atoms with Crippen LogP contribution in [0.5, 0.6) is 5.75 Å². The second kappa shape index (κ2) is 6.09. The molecule has 0 aliphatic carbocycles. The summed E-state index contributed by atoms with van der Waals surface area (Å²) >= 11 is 0. The fourth-order valence-corrected chi connectivity index (χ4v) is 2.02. The van der Waals surface area contributed by atoms with Gasteiger partial charge in [0.05, 0.1) is 5.56 Å². The van der Waals surface area contributed by atoms with Gasteiger partial charge in [-0.3, -0.25) is 0 Å². The van der Waals surface area contributed by atoms with Gasteiger partial charge in [0.15, 0.2) is 0 Å². The van der Waals surface area contributed by atoms with Gasteiger partial charge in [-0.05, 0) is 48.2 Å². The second-order valence-corrected chi connectivity index (χ2v) is 4.66. The number of aryl methyl sites for hydroxylation is 2. The monoisotopic (exact) mass is 286 g/mol. The summed E-state index contributed by atoms with van der Waals surface area (Å²) < 4.78 is 0. The summed E-state index contributed by atoms with van der Waals surface area (Å²) in [5.74, 6) is -2.37. The van der Waals surface area contributed by atoms with Crippen LogP contribution in [0.3, 0.4) is 0 Å². The first-order valence-corrected chi connectivity index (χ1v) is 6.35. The smallest absolute Gasteiger partial charge is 0.339 e. The van der Waals surface area contributed by atoms with E-state index >= 15 is 0 Å². The third-order valence-electron chi connectivity index (χ3n) is 3.20. The normalized spacial score (nSPS) is 10.3. The third kappa shape index (κ3) is 3.60. The van der Waals surface area contributed by atoms with E-state index in [4.69, 9.17) is 10.2 Å². The Hall–Kier alpha value is -2.82. The molecule has 108 valence electrons. The van der Waals surface area contributed by atoms with Crippen molar-refractivity contribution < 1.29 is 24.9 Å². The first-order chi connectivity index (χ1) is 9.97. The van der Waals surface area contributed by atoms with Crippen molar-refractivity contribution in [3.8, 4) is 5.75 Å². The van der Waals surface area contributed by atoms with Gasteiger partial charge in [-0.25, -0.2) is 9.59 Å². The van der Waals surface area contributed by atoms with E-state index in [0.29, 0.717) is 12.8 Å². The maximum absolute atomic E-state index is 10.8. The lowest BCUT2D eigenvalue weighted by molar-refractivity contribution is 0.0684. The molecule has 0 aromatic heterocycles. The Morgan fingerprint density at radius 3 is 1.90 bits per heavy atom. The molecule has 0 spiro atoms. The van der Waals surface area contributed by atoms with Gasteiger partial charge in [-0.2, -0.15) is 0 Å². The molecule has 0 amide bonds. The van der Waals surface area contributed by atoms with Crippen LogP contribution in [0.2, 0.25) is 0 Å². The minimum Gasteiger partial charge on any atom is -0.507 e. The van der Waals surface area contributed by atoms with Gasteiger partial charge >= 0.3 is 11.9 Å². The van der Waals surface area contributed by atoms with Gasteiger partial charge in [0.2, 0.25) is 0 Å². The highest BCUT2D eigenvalue weighted by molar-refractivity contribution is 5.90. The predicted octanol–water partition coefficient (Wildman–Crippen LogP) is 2.57. The first kappa shape index (κ1) is 14.6. The van der Waals surface area contributed by atoms with Crippen molar-refractivity contribution in [3.05, 3.63) is 64.7 Å². The molecule has 2 rings (SSSR count). The molecule has 5 nitrogen and oxygen atoms in total. The Balaban J connectivity index is 2.04. The molecule has 0 heterocycles. The molecule has 3 N–H and O–H groups in total. The van der Waals surface area contributed by atoms with E-state index in [9.17, 15) is 14.7 Å². The molecule has 2 aromatic carbocycles. The number of carbonyl (C=O) groups is 2. The summed E-state index contributed by atoms with van der Waals surface area (Å²) in [6.07, 6.45) is 1.30. The number of carboxylic acid groups (broad SMARTS) is 2. The fourth-order valence-electron chi connectivity index (χ4n) is 2.02. The molecule has 0 aliphatic heterocycles. The Kier molecular flexibility index (Phi) is 4.23. The lowest BCUT2D eigenvalue weighted by Gasteiger charge is -2.05. The van der Waals surface area contributed by atoms with Crippen molar-refractivity contribution in [1.82, 2.24) is 0 Å². The number of benzene rings is 2. The summed E-state index contributed by atoms with van der Waals surface area (Å²) in [5.41, 5.74) is 1.91. The van der Waals surface area contributed by atoms with Crippen molar-refractivity contribution >= 4 is 11.9 Å². The topological polar surface area (TPSA) is 94.8 Å². The number of aromatic hydroxyl groups is 1. The number of carboxylic acids is 2. The molecule has 0 saturated carbocycles. The van der Waals surface area contributed by atoms with Crippen molar-refractivity contribution in [1.29, 1.82) is 0 Å². The molecule has 0 radical (unpaired) electrons.